The molecule has 1 saturated heterocycles. The van der Waals surface area contributed by atoms with Crippen molar-refractivity contribution in [1.82, 2.24) is 20.9 Å². The molecule has 3 N–H and O–H groups in total. The molecule has 1 fully saturated rings. The molecular weight excluding hydrogens is 452 g/mol. The molecule has 0 saturated carbocycles. The Morgan fingerprint density at radius 1 is 1.03 bits per heavy atom. The van der Waals surface area contributed by atoms with E-state index < -0.39 is 36.0 Å². The van der Waals surface area contributed by atoms with Gasteiger partial charge in [0.25, 0.3) is 0 Å². The van der Waals surface area contributed by atoms with E-state index in [-0.39, 0.29) is 31.1 Å². The van der Waals surface area contributed by atoms with Gasteiger partial charge in [0.2, 0.25) is 11.8 Å². The Bertz CT molecular complexity index is 870. The summed E-state index contributed by atoms with van der Waals surface area (Å²) >= 11 is 0. The summed E-state index contributed by atoms with van der Waals surface area (Å²) in [4.78, 5) is 63.4. The number of nitrogens with one attached hydrogen (secondary N) is 3. The number of likely N-dealkylation sites (tertiary alicyclic amines) is 1. The first-order valence-corrected chi connectivity index (χ1v) is 12.0. The van der Waals surface area contributed by atoms with Gasteiger partial charge < -0.3 is 30.4 Å². The lowest BCUT2D eigenvalue weighted by Gasteiger charge is -2.24. The minimum absolute atomic E-state index is 0.0375. The lowest BCUT2D eigenvalue weighted by Crippen LogP contribution is -2.56. The number of rotatable bonds is 12. The second-order valence-electron chi connectivity index (χ2n) is 8.98. The summed E-state index contributed by atoms with van der Waals surface area (Å²) in [5.74, 6) is -1.43. The number of carbonyl (C=O) groups excluding carboxylic acids is 5. The van der Waals surface area contributed by atoms with Gasteiger partial charge in [-0.2, -0.15) is 0 Å². The number of amides is 4. The number of esters is 1. The van der Waals surface area contributed by atoms with Gasteiger partial charge in [-0.05, 0) is 30.7 Å². The van der Waals surface area contributed by atoms with Gasteiger partial charge in [-0.15, -0.1) is 0 Å². The highest BCUT2D eigenvalue weighted by Gasteiger charge is 2.29. The van der Waals surface area contributed by atoms with Gasteiger partial charge in [0.1, 0.15) is 18.4 Å². The standard InChI is InChI=1S/C25H36N4O6/c1-17(2)22(24(33)35-3)28-25(34)27-20(15-18-9-5-4-6-10-18)23(32)26-19(16-30)11-12-21(31)29-13-7-8-14-29/h4-6,9-10,16-17,19-20,22H,7-8,11-15H2,1-3H3,(H,26,32)(H2,27,28,34)/t19-,20+,22+/m1/s1. The molecule has 10 nitrogen and oxygen atoms in total. The van der Waals surface area contributed by atoms with Crippen molar-refractivity contribution in [2.75, 3.05) is 20.2 Å². The van der Waals surface area contributed by atoms with Crippen molar-refractivity contribution in [3.63, 3.8) is 0 Å². The largest absolute Gasteiger partial charge is 0.467 e. The van der Waals surface area contributed by atoms with Crippen LogP contribution in [0.25, 0.3) is 0 Å². The summed E-state index contributed by atoms with van der Waals surface area (Å²) in [7, 11) is 1.23. The van der Waals surface area contributed by atoms with Crippen molar-refractivity contribution in [2.45, 2.75) is 64.1 Å². The van der Waals surface area contributed by atoms with E-state index in [0.29, 0.717) is 6.29 Å². The van der Waals surface area contributed by atoms with Gasteiger partial charge in [-0.3, -0.25) is 9.59 Å². The molecule has 0 unspecified atom stereocenters. The number of ether oxygens (including phenoxy) is 1. The highest BCUT2D eigenvalue weighted by atomic mass is 16.5. The average molecular weight is 489 g/mol. The van der Waals surface area contributed by atoms with Crippen molar-refractivity contribution in [3.8, 4) is 0 Å². The third-order valence-electron chi connectivity index (χ3n) is 5.93. The van der Waals surface area contributed by atoms with E-state index in [1.807, 2.05) is 30.3 Å². The SMILES string of the molecule is COC(=O)[C@@H](NC(=O)N[C@@H](Cc1ccccc1)C(=O)N[C@@H](C=O)CCC(=O)N1CCCC1)C(C)C. The summed E-state index contributed by atoms with van der Waals surface area (Å²) < 4.78 is 4.74. The number of nitrogens with zero attached hydrogens (tertiary/aromatic N) is 1. The van der Waals surface area contributed by atoms with Crippen LogP contribution < -0.4 is 16.0 Å². The summed E-state index contributed by atoms with van der Waals surface area (Å²) in [6.07, 6.45) is 3.04. The molecule has 0 aliphatic carbocycles. The smallest absolute Gasteiger partial charge is 0.328 e. The van der Waals surface area contributed by atoms with E-state index in [1.54, 1.807) is 18.7 Å². The van der Waals surface area contributed by atoms with Crippen LogP contribution in [0.5, 0.6) is 0 Å². The first-order chi connectivity index (χ1) is 16.7. The Morgan fingerprint density at radius 2 is 1.69 bits per heavy atom. The van der Waals surface area contributed by atoms with Crippen molar-refractivity contribution in [1.29, 1.82) is 0 Å². The van der Waals surface area contributed by atoms with Gasteiger partial charge >= 0.3 is 12.0 Å². The molecule has 192 valence electrons. The normalized spacial score (nSPS) is 15.6. The lowest BCUT2D eigenvalue weighted by molar-refractivity contribution is -0.144. The maximum absolute atomic E-state index is 13.1. The van der Waals surface area contributed by atoms with Crippen LogP contribution in [0.3, 0.4) is 0 Å². The van der Waals surface area contributed by atoms with Crippen LogP contribution in [0.4, 0.5) is 4.79 Å². The Morgan fingerprint density at radius 3 is 2.26 bits per heavy atom. The minimum atomic E-state index is -1.01. The van der Waals surface area contributed by atoms with E-state index in [1.165, 1.54) is 7.11 Å². The third-order valence-corrected chi connectivity index (χ3v) is 5.93. The average Bonchev–Trinajstić information content (AvgIpc) is 3.39. The number of benzene rings is 1. The summed E-state index contributed by atoms with van der Waals surface area (Å²) in [5.41, 5.74) is 0.799. The number of aldehydes is 1. The number of hydrogen-bond donors (Lipinski definition) is 3. The summed E-state index contributed by atoms with van der Waals surface area (Å²) in [6, 6.07) is 5.62. The number of hydrogen-bond acceptors (Lipinski definition) is 6. The van der Waals surface area contributed by atoms with Gasteiger partial charge in [0, 0.05) is 25.9 Å². The lowest BCUT2D eigenvalue weighted by atomic mass is 10.0. The third kappa shape index (κ3) is 9.03. The molecule has 0 aromatic heterocycles. The minimum Gasteiger partial charge on any atom is -0.467 e. The molecule has 10 heteroatoms. The molecule has 1 heterocycles. The van der Waals surface area contributed by atoms with E-state index in [9.17, 15) is 24.0 Å². The van der Waals surface area contributed by atoms with Gasteiger partial charge in [0.15, 0.2) is 0 Å². The van der Waals surface area contributed by atoms with Crippen LogP contribution in [0.15, 0.2) is 30.3 Å². The predicted molar refractivity (Wildman–Crippen MR) is 129 cm³/mol. The molecule has 35 heavy (non-hydrogen) atoms. The van der Waals surface area contributed by atoms with Crippen LogP contribution in [0, 0.1) is 5.92 Å². The fourth-order valence-corrected chi connectivity index (χ4v) is 3.89. The predicted octanol–water partition coefficient (Wildman–Crippen LogP) is 1.18. The molecule has 0 radical (unpaired) electrons. The Hall–Kier alpha value is -3.43. The zero-order valence-electron chi connectivity index (χ0n) is 20.6. The molecule has 0 bridgehead atoms. The second-order valence-corrected chi connectivity index (χ2v) is 8.98. The zero-order chi connectivity index (χ0) is 25.8. The fourth-order valence-electron chi connectivity index (χ4n) is 3.89. The van der Waals surface area contributed by atoms with Crippen LogP contribution in [0.2, 0.25) is 0 Å². The zero-order valence-corrected chi connectivity index (χ0v) is 20.6. The highest BCUT2D eigenvalue weighted by Crippen LogP contribution is 2.11. The highest BCUT2D eigenvalue weighted by molar-refractivity contribution is 5.90. The van der Waals surface area contributed by atoms with E-state index in [2.05, 4.69) is 16.0 Å². The van der Waals surface area contributed by atoms with Crippen LogP contribution >= 0.6 is 0 Å². The van der Waals surface area contributed by atoms with Crippen molar-refractivity contribution < 1.29 is 28.7 Å². The van der Waals surface area contributed by atoms with Crippen molar-refractivity contribution in [2.24, 2.45) is 5.92 Å². The Kier molecular flexibility index (Phi) is 11.2. The van der Waals surface area contributed by atoms with E-state index >= 15 is 0 Å². The second kappa shape index (κ2) is 14.1. The molecule has 1 aliphatic rings. The number of carbonyl (C=O) groups is 5. The summed E-state index contributed by atoms with van der Waals surface area (Å²) in [6.45, 7) is 4.96. The monoisotopic (exact) mass is 488 g/mol. The molecule has 1 aromatic carbocycles. The molecule has 1 aromatic rings. The molecule has 4 amide bonds. The number of methoxy groups -OCH3 is 1. The molecular formula is C25H36N4O6. The maximum atomic E-state index is 13.1. The van der Waals surface area contributed by atoms with Crippen molar-refractivity contribution >= 4 is 30.1 Å². The van der Waals surface area contributed by atoms with E-state index in [0.717, 1.165) is 31.5 Å². The Balaban J connectivity index is 2.04. The van der Waals surface area contributed by atoms with Crippen LogP contribution in [-0.2, 0) is 30.3 Å². The topological polar surface area (TPSA) is 134 Å². The molecule has 1 aliphatic heterocycles. The Labute approximate surface area is 206 Å². The molecule has 0 spiro atoms. The maximum Gasteiger partial charge on any atom is 0.328 e. The first kappa shape index (κ1) is 27.8. The first-order valence-electron chi connectivity index (χ1n) is 12.0. The molecule has 2 rings (SSSR count). The fraction of sp³-hybridized carbons (Fsp3) is 0.560. The quantitative estimate of drug-likeness (QED) is 0.299. The molecule has 3 atom stereocenters. The van der Waals surface area contributed by atoms with Gasteiger partial charge in [-0.25, -0.2) is 9.59 Å². The van der Waals surface area contributed by atoms with Crippen LogP contribution in [0.1, 0.15) is 45.1 Å². The van der Waals surface area contributed by atoms with Gasteiger partial charge in [0.05, 0.1) is 13.2 Å². The van der Waals surface area contributed by atoms with Gasteiger partial charge in [-0.1, -0.05) is 44.2 Å². The van der Waals surface area contributed by atoms with Crippen molar-refractivity contribution in [3.05, 3.63) is 35.9 Å². The summed E-state index contributed by atoms with van der Waals surface area (Å²) in [5, 5.41) is 7.80. The van der Waals surface area contributed by atoms with Crippen LogP contribution in [-0.4, -0.2) is 73.3 Å². The van der Waals surface area contributed by atoms with E-state index in [4.69, 9.17) is 4.74 Å². The number of urea groups is 1.